The molecule has 0 amide bonds. The minimum atomic E-state index is -0.853. The zero-order valence-corrected chi connectivity index (χ0v) is 18.2. The summed E-state index contributed by atoms with van der Waals surface area (Å²) < 4.78 is 12.2. The Hall–Kier alpha value is -2.57. The smallest absolute Gasteiger partial charge is 0.311 e. The average molecular weight is 418 g/mol. The normalized spacial score (nSPS) is 21.5. The molecule has 7 heteroatoms. The van der Waals surface area contributed by atoms with Gasteiger partial charge in [-0.3, -0.25) is 4.79 Å². The number of ether oxygens (including phenoxy) is 2. The summed E-state index contributed by atoms with van der Waals surface area (Å²) in [5.41, 5.74) is 3.09. The summed E-state index contributed by atoms with van der Waals surface area (Å²) in [6.45, 7) is 8.40. The van der Waals surface area contributed by atoms with Gasteiger partial charge in [-0.2, -0.15) is 0 Å². The van der Waals surface area contributed by atoms with Crippen LogP contribution in [0.25, 0.3) is 0 Å². The van der Waals surface area contributed by atoms with E-state index in [1.165, 1.54) is 5.57 Å². The van der Waals surface area contributed by atoms with Gasteiger partial charge in [0.25, 0.3) is 5.09 Å². The second kappa shape index (κ2) is 9.06. The molecule has 0 radical (unpaired) electrons. The molecule has 30 heavy (non-hydrogen) atoms. The first kappa shape index (κ1) is 22.1. The number of esters is 1. The van der Waals surface area contributed by atoms with Crippen LogP contribution in [0.2, 0.25) is 0 Å². The molecule has 2 aliphatic rings. The number of carbonyl (C=O) groups is 1. The van der Waals surface area contributed by atoms with E-state index in [1.54, 1.807) is 0 Å². The van der Waals surface area contributed by atoms with Crippen molar-refractivity contribution in [2.75, 3.05) is 6.61 Å². The Morgan fingerprint density at radius 1 is 1.37 bits per heavy atom. The number of aryl methyl sites for hydroxylation is 1. The van der Waals surface area contributed by atoms with Gasteiger partial charge >= 0.3 is 5.97 Å². The molecule has 0 bridgehead atoms. The van der Waals surface area contributed by atoms with Crippen molar-refractivity contribution < 1.29 is 24.2 Å². The maximum Gasteiger partial charge on any atom is 0.311 e. The first-order valence-corrected chi connectivity index (χ1v) is 10.7. The van der Waals surface area contributed by atoms with Crippen molar-refractivity contribution >= 4 is 5.97 Å². The second-order valence-electron chi connectivity index (χ2n) is 8.80. The summed E-state index contributed by atoms with van der Waals surface area (Å²) in [6, 6.07) is 4.05. The largest absolute Gasteiger partial charge is 0.487 e. The highest BCUT2D eigenvalue weighted by Gasteiger charge is 2.46. The summed E-state index contributed by atoms with van der Waals surface area (Å²) in [5.74, 6) is 1.49. The molecular formula is C23H31NO6. The van der Waals surface area contributed by atoms with Crippen molar-refractivity contribution in [1.29, 1.82) is 0 Å². The van der Waals surface area contributed by atoms with Crippen LogP contribution < -0.4 is 9.47 Å². The number of hydrogen-bond acceptors (Lipinski definition) is 6. The zero-order valence-electron chi connectivity index (χ0n) is 18.2. The predicted octanol–water partition coefficient (Wildman–Crippen LogP) is 5.14. The van der Waals surface area contributed by atoms with Crippen LogP contribution in [0.15, 0.2) is 23.8 Å². The Labute approximate surface area is 177 Å². The molecule has 7 nitrogen and oxygen atoms in total. The molecule has 0 spiro atoms. The first-order valence-electron chi connectivity index (χ1n) is 10.7. The molecule has 164 valence electrons. The van der Waals surface area contributed by atoms with E-state index in [4.69, 9.17) is 9.47 Å². The molecular weight excluding hydrogens is 386 g/mol. The van der Waals surface area contributed by atoms with Crippen LogP contribution in [-0.4, -0.2) is 23.3 Å². The van der Waals surface area contributed by atoms with E-state index < -0.39 is 11.1 Å². The Kier molecular flexibility index (Phi) is 6.68. The van der Waals surface area contributed by atoms with Gasteiger partial charge in [0.2, 0.25) is 0 Å². The van der Waals surface area contributed by atoms with Crippen molar-refractivity contribution in [2.24, 2.45) is 5.92 Å². The van der Waals surface area contributed by atoms with Gasteiger partial charge in [0.05, 0.1) is 6.61 Å². The lowest BCUT2D eigenvalue weighted by Crippen LogP contribution is -2.45. The van der Waals surface area contributed by atoms with E-state index >= 15 is 0 Å². The average Bonchev–Trinajstić information content (AvgIpc) is 2.64. The van der Waals surface area contributed by atoms with Crippen LogP contribution in [0, 0.1) is 16.0 Å². The Morgan fingerprint density at radius 3 is 2.83 bits per heavy atom. The molecule has 2 atom stereocenters. The van der Waals surface area contributed by atoms with Crippen LogP contribution in [0.4, 0.5) is 0 Å². The summed E-state index contributed by atoms with van der Waals surface area (Å²) in [6.07, 6.45) is 6.26. The Morgan fingerprint density at radius 2 is 2.13 bits per heavy atom. The molecule has 0 saturated heterocycles. The Balaban J connectivity index is 1.89. The van der Waals surface area contributed by atoms with Gasteiger partial charge in [0, 0.05) is 23.8 Å². The van der Waals surface area contributed by atoms with Crippen molar-refractivity contribution in [2.45, 2.75) is 77.7 Å². The molecule has 1 aromatic rings. The van der Waals surface area contributed by atoms with E-state index in [2.05, 4.69) is 44.7 Å². The van der Waals surface area contributed by atoms with Crippen LogP contribution in [0.5, 0.6) is 11.5 Å². The van der Waals surface area contributed by atoms with Crippen LogP contribution in [0.1, 0.15) is 76.8 Å². The fraction of sp³-hybridized carbons (Fsp3) is 0.609. The van der Waals surface area contributed by atoms with E-state index in [-0.39, 0.29) is 31.0 Å². The van der Waals surface area contributed by atoms with Crippen LogP contribution in [-0.2, 0) is 16.1 Å². The lowest BCUT2D eigenvalue weighted by Gasteiger charge is -2.47. The maximum atomic E-state index is 12.5. The van der Waals surface area contributed by atoms with Gasteiger partial charge in [-0.25, -0.2) is 0 Å². The number of carbonyl (C=O) groups excluding carboxylic acids is 1. The van der Waals surface area contributed by atoms with Gasteiger partial charge in [-0.15, -0.1) is 10.1 Å². The number of rotatable bonds is 8. The molecule has 1 aliphatic carbocycles. The van der Waals surface area contributed by atoms with Gasteiger partial charge in [-0.05, 0) is 64.2 Å². The summed E-state index contributed by atoms with van der Waals surface area (Å²) in [7, 11) is 0. The number of benzene rings is 1. The fourth-order valence-corrected chi connectivity index (χ4v) is 4.65. The lowest BCUT2D eigenvalue weighted by atomic mass is 9.67. The molecule has 0 fully saturated rings. The fourth-order valence-electron chi connectivity index (χ4n) is 4.65. The van der Waals surface area contributed by atoms with E-state index in [1.807, 2.05) is 6.07 Å². The lowest BCUT2D eigenvalue weighted by molar-refractivity contribution is -0.757. The number of fused-ring (bicyclic) bond motifs is 3. The highest BCUT2D eigenvalue weighted by molar-refractivity contribution is 5.73. The number of nitrogens with zero attached hydrogens (tertiary/aromatic N) is 1. The van der Waals surface area contributed by atoms with Crippen LogP contribution >= 0.6 is 0 Å². The number of hydrogen-bond donors (Lipinski definition) is 0. The molecule has 0 N–H and O–H groups in total. The van der Waals surface area contributed by atoms with Crippen molar-refractivity contribution in [3.63, 3.8) is 0 Å². The summed E-state index contributed by atoms with van der Waals surface area (Å²) in [5, 5.41) is 9.40. The third-order valence-electron chi connectivity index (χ3n) is 6.03. The molecule has 1 unspecified atom stereocenters. The molecule has 1 heterocycles. The van der Waals surface area contributed by atoms with Crippen molar-refractivity contribution in [3.8, 4) is 11.5 Å². The minimum absolute atomic E-state index is 0.0556. The molecule has 0 aromatic heterocycles. The second-order valence-corrected chi connectivity index (χ2v) is 8.80. The monoisotopic (exact) mass is 417 g/mol. The van der Waals surface area contributed by atoms with E-state index in [9.17, 15) is 14.9 Å². The molecule has 1 aliphatic heterocycles. The quantitative estimate of drug-likeness (QED) is 0.145. The highest BCUT2D eigenvalue weighted by Crippen LogP contribution is 2.54. The third kappa shape index (κ3) is 4.94. The van der Waals surface area contributed by atoms with Gasteiger partial charge in [0.15, 0.2) is 0 Å². The maximum absolute atomic E-state index is 12.5. The van der Waals surface area contributed by atoms with Gasteiger partial charge in [0.1, 0.15) is 17.1 Å². The molecule has 1 aromatic carbocycles. The third-order valence-corrected chi connectivity index (χ3v) is 6.03. The summed E-state index contributed by atoms with van der Waals surface area (Å²) >= 11 is 0. The van der Waals surface area contributed by atoms with Gasteiger partial charge in [-0.1, -0.05) is 25.0 Å². The standard InChI is InChI=1S/C23H31NO6/c1-5-7-16-13-19(29-21(25)8-6-11-28-24(26)27)22-17-12-15(2)9-10-18(17)23(3,4)30-20(22)14-16/h9,13-14,17-18H,5-8,10-12H2,1-4H3/t17-,18?/m1/s1. The van der Waals surface area contributed by atoms with E-state index in [0.29, 0.717) is 11.7 Å². The summed E-state index contributed by atoms with van der Waals surface area (Å²) in [4.78, 5) is 27.0. The molecule has 0 saturated carbocycles. The first-order chi connectivity index (χ1) is 14.2. The predicted molar refractivity (Wildman–Crippen MR) is 112 cm³/mol. The minimum Gasteiger partial charge on any atom is -0.487 e. The van der Waals surface area contributed by atoms with Crippen molar-refractivity contribution in [3.05, 3.63) is 45.0 Å². The Bertz CT molecular complexity index is 844. The zero-order chi connectivity index (χ0) is 21.9. The molecule has 3 rings (SSSR count). The highest BCUT2D eigenvalue weighted by atomic mass is 16.9. The number of allylic oxidation sites excluding steroid dienone is 2. The van der Waals surface area contributed by atoms with Crippen molar-refractivity contribution in [1.82, 2.24) is 0 Å². The topological polar surface area (TPSA) is 87.9 Å². The van der Waals surface area contributed by atoms with E-state index in [0.717, 1.165) is 42.6 Å². The van der Waals surface area contributed by atoms with Gasteiger partial charge < -0.3 is 14.3 Å². The SMILES string of the molecule is CCCc1cc(OC(=O)CCCO[N+](=O)[O-])c2c(c1)OC(C)(C)C1CC=C(C)C[C@@H]21. The van der Waals surface area contributed by atoms with Crippen LogP contribution in [0.3, 0.4) is 0 Å².